The van der Waals surface area contributed by atoms with E-state index in [1.807, 2.05) is 0 Å². The Hall–Kier alpha value is -0.570. The van der Waals surface area contributed by atoms with Gasteiger partial charge in [0.15, 0.2) is 0 Å². The second-order valence-electron chi connectivity index (χ2n) is 5.84. The number of carbonyl (C=O) groups excluding carboxylic acids is 1. The van der Waals surface area contributed by atoms with E-state index in [1.165, 1.54) is 25.7 Å². The molecule has 0 unspecified atom stereocenters. The minimum absolute atomic E-state index is 0.196. The van der Waals surface area contributed by atoms with Gasteiger partial charge in [-0.1, -0.05) is 40.0 Å². The molecular weight excluding hydrogens is 212 g/mol. The van der Waals surface area contributed by atoms with Crippen LogP contribution in [0.15, 0.2) is 0 Å². The van der Waals surface area contributed by atoms with Gasteiger partial charge in [0.25, 0.3) is 0 Å². The molecule has 0 rings (SSSR count). The Balaban J connectivity index is 3.61. The first kappa shape index (κ1) is 16.4. The summed E-state index contributed by atoms with van der Waals surface area (Å²) in [5, 5.41) is 3.39. The second kappa shape index (κ2) is 8.51. The van der Waals surface area contributed by atoms with E-state index in [0.717, 1.165) is 13.1 Å². The zero-order valence-electron chi connectivity index (χ0n) is 12.3. The minimum Gasteiger partial charge on any atom is -0.349 e. The van der Waals surface area contributed by atoms with Crippen LogP contribution >= 0.6 is 0 Å². The fourth-order valence-electron chi connectivity index (χ4n) is 1.79. The number of carbonyl (C=O) groups is 1. The predicted octanol–water partition coefficient (Wildman–Crippen LogP) is 2.66. The van der Waals surface area contributed by atoms with Gasteiger partial charge < -0.3 is 10.2 Å². The molecule has 0 saturated heterocycles. The summed E-state index contributed by atoms with van der Waals surface area (Å²) in [7, 11) is 3.61. The summed E-state index contributed by atoms with van der Waals surface area (Å²) in [6.45, 7) is 8.61. The van der Waals surface area contributed by atoms with Crippen molar-refractivity contribution in [2.75, 3.05) is 27.2 Å². The average Bonchev–Trinajstić information content (AvgIpc) is 2.24. The summed E-state index contributed by atoms with van der Waals surface area (Å²) in [5.74, 6) is 0.196. The van der Waals surface area contributed by atoms with Crippen molar-refractivity contribution in [2.45, 2.75) is 52.9 Å². The fourth-order valence-corrected chi connectivity index (χ4v) is 1.79. The molecule has 102 valence electrons. The minimum atomic E-state index is 0.196. The van der Waals surface area contributed by atoms with Gasteiger partial charge in [-0.15, -0.1) is 0 Å². The number of hydrogen-bond acceptors (Lipinski definition) is 2. The summed E-state index contributed by atoms with van der Waals surface area (Å²) in [5.41, 5.74) is 0.344. The Labute approximate surface area is 107 Å². The third-order valence-electron chi connectivity index (χ3n) is 3.08. The molecule has 0 bridgehead atoms. The van der Waals surface area contributed by atoms with Crippen LogP contribution in [0.25, 0.3) is 0 Å². The first-order chi connectivity index (χ1) is 7.89. The molecule has 3 heteroatoms. The summed E-state index contributed by atoms with van der Waals surface area (Å²) in [6.07, 6.45) is 5.76. The van der Waals surface area contributed by atoms with Crippen molar-refractivity contribution in [3.63, 3.8) is 0 Å². The van der Waals surface area contributed by atoms with Crippen molar-refractivity contribution >= 4 is 5.91 Å². The Bertz CT molecular complexity index is 212. The standard InChI is InChI=1S/C14H30N2O/c1-6-7-8-10-14(2,3)12-15-11-9-13(17)16(4)5/h15H,6-12H2,1-5H3. The fraction of sp³-hybridized carbons (Fsp3) is 0.929. The molecule has 1 N–H and O–H groups in total. The van der Waals surface area contributed by atoms with Crippen molar-refractivity contribution in [3.05, 3.63) is 0 Å². The summed E-state index contributed by atoms with van der Waals surface area (Å²) in [4.78, 5) is 13.0. The molecule has 0 heterocycles. The zero-order valence-corrected chi connectivity index (χ0v) is 12.3. The summed E-state index contributed by atoms with van der Waals surface area (Å²) < 4.78 is 0. The van der Waals surface area contributed by atoms with Crippen LogP contribution in [-0.4, -0.2) is 38.0 Å². The molecule has 0 aliphatic rings. The van der Waals surface area contributed by atoms with Crippen LogP contribution in [0.2, 0.25) is 0 Å². The Morgan fingerprint density at radius 2 is 1.88 bits per heavy atom. The molecule has 0 aliphatic heterocycles. The lowest BCUT2D eigenvalue weighted by Gasteiger charge is -2.25. The molecule has 3 nitrogen and oxygen atoms in total. The Morgan fingerprint density at radius 3 is 2.41 bits per heavy atom. The van der Waals surface area contributed by atoms with E-state index >= 15 is 0 Å². The van der Waals surface area contributed by atoms with Crippen LogP contribution in [-0.2, 0) is 4.79 Å². The van der Waals surface area contributed by atoms with Crippen molar-refractivity contribution in [3.8, 4) is 0 Å². The van der Waals surface area contributed by atoms with Gasteiger partial charge in [0.05, 0.1) is 0 Å². The maximum atomic E-state index is 11.4. The van der Waals surface area contributed by atoms with Gasteiger partial charge in [-0.2, -0.15) is 0 Å². The van der Waals surface area contributed by atoms with E-state index in [-0.39, 0.29) is 5.91 Å². The smallest absolute Gasteiger partial charge is 0.223 e. The second-order valence-corrected chi connectivity index (χ2v) is 5.84. The van der Waals surface area contributed by atoms with Crippen LogP contribution in [0.5, 0.6) is 0 Å². The number of amides is 1. The molecule has 0 spiro atoms. The lowest BCUT2D eigenvalue weighted by Crippen LogP contribution is -2.32. The highest BCUT2D eigenvalue weighted by atomic mass is 16.2. The third-order valence-corrected chi connectivity index (χ3v) is 3.08. The molecule has 0 aliphatic carbocycles. The molecule has 0 aromatic heterocycles. The van der Waals surface area contributed by atoms with Gasteiger partial charge >= 0.3 is 0 Å². The topological polar surface area (TPSA) is 32.3 Å². The lowest BCUT2D eigenvalue weighted by atomic mass is 9.87. The summed E-state index contributed by atoms with van der Waals surface area (Å²) >= 11 is 0. The molecule has 0 fully saturated rings. The van der Waals surface area contributed by atoms with Gasteiger partial charge in [-0.3, -0.25) is 4.79 Å². The van der Waals surface area contributed by atoms with Gasteiger partial charge in [0, 0.05) is 33.6 Å². The lowest BCUT2D eigenvalue weighted by molar-refractivity contribution is -0.128. The van der Waals surface area contributed by atoms with Crippen LogP contribution < -0.4 is 5.32 Å². The van der Waals surface area contributed by atoms with Crippen LogP contribution in [0.3, 0.4) is 0 Å². The Morgan fingerprint density at radius 1 is 1.24 bits per heavy atom. The monoisotopic (exact) mass is 242 g/mol. The normalized spacial score (nSPS) is 11.6. The number of nitrogens with zero attached hydrogens (tertiary/aromatic N) is 1. The molecule has 0 radical (unpaired) electrons. The van der Waals surface area contributed by atoms with Crippen molar-refractivity contribution < 1.29 is 4.79 Å². The van der Waals surface area contributed by atoms with Crippen LogP contribution in [0.4, 0.5) is 0 Å². The van der Waals surface area contributed by atoms with E-state index < -0.39 is 0 Å². The molecule has 0 aromatic carbocycles. The van der Waals surface area contributed by atoms with E-state index in [0.29, 0.717) is 11.8 Å². The van der Waals surface area contributed by atoms with E-state index in [2.05, 4.69) is 26.1 Å². The predicted molar refractivity (Wildman–Crippen MR) is 74.1 cm³/mol. The number of nitrogens with one attached hydrogen (secondary N) is 1. The highest BCUT2D eigenvalue weighted by Gasteiger charge is 2.16. The van der Waals surface area contributed by atoms with Gasteiger partial charge in [0.2, 0.25) is 5.91 Å². The van der Waals surface area contributed by atoms with E-state index in [9.17, 15) is 4.79 Å². The van der Waals surface area contributed by atoms with Crippen molar-refractivity contribution in [2.24, 2.45) is 5.41 Å². The van der Waals surface area contributed by atoms with Crippen molar-refractivity contribution in [1.82, 2.24) is 10.2 Å². The number of hydrogen-bond donors (Lipinski definition) is 1. The van der Waals surface area contributed by atoms with Crippen molar-refractivity contribution in [1.29, 1.82) is 0 Å². The highest BCUT2D eigenvalue weighted by Crippen LogP contribution is 2.22. The average molecular weight is 242 g/mol. The SMILES string of the molecule is CCCCCC(C)(C)CNCCC(=O)N(C)C. The van der Waals surface area contributed by atoms with Gasteiger partial charge in [-0.25, -0.2) is 0 Å². The molecule has 0 aromatic rings. The Kier molecular flexibility index (Phi) is 8.23. The molecule has 17 heavy (non-hydrogen) atoms. The first-order valence-electron chi connectivity index (χ1n) is 6.80. The van der Waals surface area contributed by atoms with E-state index in [1.54, 1.807) is 19.0 Å². The number of unbranched alkanes of at least 4 members (excludes halogenated alkanes) is 2. The molecule has 0 saturated carbocycles. The van der Waals surface area contributed by atoms with Crippen LogP contribution in [0.1, 0.15) is 52.9 Å². The zero-order chi connectivity index (χ0) is 13.3. The highest BCUT2D eigenvalue weighted by molar-refractivity contribution is 5.75. The first-order valence-corrected chi connectivity index (χ1v) is 6.80. The van der Waals surface area contributed by atoms with Crippen LogP contribution in [0, 0.1) is 5.41 Å². The number of rotatable bonds is 9. The van der Waals surface area contributed by atoms with E-state index in [4.69, 9.17) is 0 Å². The van der Waals surface area contributed by atoms with Gasteiger partial charge in [-0.05, 0) is 11.8 Å². The third kappa shape index (κ3) is 9.16. The maximum Gasteiger partial charge on any atom is 0.223 e. The molecular formula is C14H30N2O. The molecule has 1 amide bonds. The summed E-state index contributed by atoms with van der Waals surface area (Å²) in [6, 6.07) is 0. The quantitative estimate of drug-likeness (QED) is 0.630. The maximum absolute atomic E-state index is 11.4. The van der Waals surface area contributed by atoms with Gasteiger partial charge in [0.1, 0.15) is 0 Å². The molecule has 0 atom stereocenters. The largest absolute Gasteiger partial charge is 0.349 e.